The minimum absolute atomic E-state index is 0.00339. The highest BCUT2D eigenvalue weighted by atomic mass is 35.5. The number of carbonyl (C=O) groups is 4. The number of benzene rings is 3. The second-order valence-corrected chi connectivity index (χ2v) is 16.9. The van der Waals surface area contributed by atoms with Crippen LogP contribution in [0.2, 0.25) is 20.1 Å². The fourth-order valence-electron chi connectivity index (χ4n) is 5.15. The molecule has 3 aromatic carbocycles. The van der Waals surface area contributed by atoms with Gasteiger partial charge in [-0.1, -0.05) is 52.5 Å². The van der Waals surface area contributed by atoms with Gasteiger partial charge >= 0.3 is 12.2 Å². The van der Waals surface area contributed by atoms with E-state index in [0.717, 1.165) is 12.1 Å². The number of nitrogens with zero attached hydrogens (tertiary/aromatic N) is 1. The number of amides is 3. The van der Waals surface area contributed by atoms with Crippen molar-refractivity contribution in [2.24, 2.45) is 5.92 Å². The Morgan fingerprint density at radius 1 is 0.843 bits per heavy atom. The Balaban J connectivity index is 1.64. The monoisotopic (exact) mass is 824 g/mol. The van der Waals surface area contributed by atoms with E-state index >= 15 is 8.78 Å². The van der Waals surface area contributed by atoms with Crippen molar-refractivity contribution in [2.45, 2.75) is 76.3 Å². The third kappa shape index (κ3) is 9.21. The van der Waals surface area contributed by atoms with E-state index in [9.17, 15) is 19.2 Å². The lowest BCUT2D eigenvalue weighted by atomic mass is 9.99. The number of hydrogen-bond donors (Lipinski definition) is 1. The molecule has 51 heavy (non-hydrogen) atoms. The van der Waals surface area contributed by atoms with Crippen LogP contribution in [-0.2, 0) is 20.7 Å². The lowest BCUT2D eigenvalue weighted by Crippen LogP contribution is -2.44. The first-order valence-electron chi connectivity index (χ1n) is 15.2. The van der Waals surface area contributed by atoms with Crippen molar-refractivity contribution >= 4 is 105 Å². The molecule has 1 N–H and O–H groups in total. The molecular formula is C35H32Cl6F2N2O6. The highest BCUT2D eigenvalue weighted by Crippen LogP contribution is 2.65. The number of alkyl halides is 2. The van der Waals surface area contributed by atoms with Crippen LogP contribution in [0.25, 0.3) is 0 Å². The van der Waals surface area contributed by atoms with Crippen molar-refractivity contribution in [1.29, 1.82) is 0 Å². The molecule has 16 heteroatoms. The van der Waals surface area contributed by atoms with Crippen LogP contribution in [0.15, 0.2) is 36.4 Å². The molecule has 0 radical (unpaired) electrons. The quantitative estimate of drug-likeness (QED) is 0.145. The molecule has 1 aliphatic carbocycles. The van der Waals surface area contributed by atoms with Crippen LogP contribution < -0.4 is 10.2 Å². The average Bonchev–Trinajstić information content (AvgIpc) is 3.56. The highest BCUT2D eigenvalue weighted by Gasteiger charge is 2.67. The zero-order chi connectivity index (χ0) is 38.5. The first kappa shape index (κ1) is 40.9. The Morgan fingerprint density at radius 3 is 1.88 bits per heavy atom. The molecule has 1 fully saturated rings. The van der Waals surface area contributed by atoms with Crippen molar-refractivity contribution in [2.75, 3.05) is 10.2 Å². The number of carbonyl (C=O) groups excluding carboxylic acids is 4. The molecule has 4 rings (SSSR count). The third-order valence-electron chi connectivity index (χ3n) is 7.40. The van der Waals surface area contributed by atoms with Crippen LogP contribution >= 0.6 is 69.6 Å². The maximum atomic E-state index is 16.1. The van der Waals surface area contributed by atoms with Gasteiger partial charge in [-0.15, -0.1) is 23.2 Å². The predicted octanol–water partition coefficient (Wildman–Crippen LogP) is 11.5. The Bertz CT molecular complexity index is 1890. The molecule has 0 aromatic heterocycles. The van der Waals surface area contributed by atoms with Crippen molar-refractivity contribution in [3.8, 4) is 0 Å². The Labute approximate surface area is 323 Å². The lowest BCUT2D eigenvalue weighted by molar-refractivity contribution is -0.117. The maximum Gasteiger partial charge on any atom is 0.424 e. The summed E-state index contributed by atoms with van der Waals surface area (Å²) in [7, 11) is 0. The topological polar surface area (TPSA) is 102 Å². The van der Waals surface area contributed by atoms with E-state index in [-0.39, 0.29) is 41.8 Å². The summed E-state index contributed by atoms with van der Waals surface area (Å²) in [4.78, 5) is 53.3. The number of imide groups is 1. The second kappa shape index (κ2) is 14.9. The van der Waals surface area contributed by atoms with Crippen LogP contribution in [0.1, 0.15) is 74.5 Å². The summed E-state index contributed by atoms with van der Waals surface area (Å²) >= 11 is 37.8. The molecule has 274 valence electrons. The van der Waals surface area contributed by atoms with Crippen LogP contribution in [0, 0.1) is 24.5 Å². The van der Waals surface area contributed by atoms with Crippen LogP contribution in [0.3, 0.4) is 0 Å². The highest BCUT2D eigenvalue weighted by molar-refractivity contribution is 6.54. The van der Waals surface area contributed by atoms with Crippen LogP contribution in [0.5, 0.6) is 0 Å². The van der Waals surface area contributed by atoms with Gasteiger partial charge in [0.25, 0.3) is 0 Å². The smallest absolute Gasteiger partial charge is 0.424 e. The number of halogens is 8. The molecule has 1 saturated carbocycles. The Kier molecular flexibility index (Phi) is 11.9. The van der Waals surface area contributed by atoms with E-state index in [1.54, 1.807) is 6.92 Å². The molecule has 8 nitrogen and oxygen atoms in total. The molecule has 2 atom stereocenters. The van der Waals surface area contributed by atoms with E-state index < -0.39 is 75.0 Å². The maximum absolute atomic E-state index is 16.1. The number of ether oxygens (including phenoxy) is 2. The largest absolute Gasteiger partial charge is 0.443 e. The van der Waals surface area contributed by atoms with Crippen molar-refractivity contribution in [3.05, 3.63) is 90.4 Å². The molecule has 1 aliphatic rings. The average molecular weight is 827 g/mol. The van der Waals surface area contributed by atoms with Crippen molar-refractivity contribution in [3.63, 3.8) is 0 Å². The normalized spacial score (nSPS) is 16.7. The van der Waals surface area contributed by atoms with Crippen molar-refractivity contribution < 1.29 is 37.4 Å². The summed E-state index contributed by atoms with van der Waals surface area (Å²) in [6.07, 6.45) is -3.50. The molecule has 0 heterocycles. The minimum atomic E-state index is -1.52. The molecule has 0 saturated heterocycles. The lowest BCUT2D eigenvalue weighted by Gasteiger charge is -2.29. The molecule has 3 amide bonds. The molecule has 0 spiro atoms. The standard InChI is InChI=1S/C35H32Cl6F2N2O6/c1-15-10-18(44-30(47)25-24(35(25,40)41)17-11-20(36)27(39)21(37)12-17)14-19(26(15)38)23(46)13-16-8-9-22(42)29(28(16)43)45(31(48)50-33(2,3)4)32(49)51-34(5,6)7/h8-12,14,24-25H,13H2,1-7H3,(H,44,47)/t24-,25+/m0/s1. The predicted molar refractivity (Wildman–Crippen MR) is 196 cm³/mol. The van der Waals surface area contributed by atoms with E-state index in [1.807, 2.05) is 0 Å². The van der Waals surface area contributed by atoms with Gasteiger partial charge in [0.1, 0.15) is 21.2 Å². The van der Waals surface area contributed by atoms with Crippen molar-refractivity contribution in [1.82, 2.24) is 0 Å². The van der Waals surface area contributed by atoms with Crippen LogP contribution in [-0.4, -0.2) is 39.4 Å². The number of hydrogen-bond acceptors (Lipinski definition) is 6. The number of ketones is 1. The molecule has 0 bridgehead atoms. The number of aryl methyl sites for hydroxylation is 1. The summed E-state index contributed by atoms with van der Waals surface area (Å²) < 4.78 is 40.3. The molecular weight excluding hydrogens is 795 g/mol. The van der Waals surface area contributed by atoms with Gasteiger partial charge in [0.15, 0.2) is 17.4 Å². The third-order valence-corrected chi connectivity index (χ3v) is 10.0. The van der Waals surface area contributed by atoms with Gasteiger partial charge < -0.3 is 14.8 Å². The van der Waals surface area contributed by atoms with Gasteiger partial charge in [-0.2, -0.15) is 4.90 Å². The van der Waals surface area contributed by atoms with E-state index in [2.05, 4.69) is 5.32 Å². The Hall–Kier alpha value is -2.86. The summed E-state index contributed by atoms with van der Waals surface area (Å²) in [6.45, 7) is 10.6. The Morgan fingerprint density at radius 2 is 1.37 bits per heavy atom. The summed E-state index contributed by atoms with van der Waals surface area (Å²) in [5.74, 6) is -5.66. The van der Waals surface area contributed by atoms with Gasteiger partial charge in [0.2, 0.25) is 5.91 Å². The number of nitrogens with one attached hydrogen (secondary N) is 1. The zero-order valence-electron chi connectivity index (χ0n) is 28.2. The van der Waals surface area contributed by atoms with Gasteiger partial charge in [0, 0.05) is 23.6 Å². The van der Waals surface area contributed by atoms with Gasteiger partial charge in [-0.25, -0.2) is 18.4 Å². The van der Waals surface area contributed by atoms with E-state index in [0.29, 0.717) is 11.1 Å². The number of Topliss-reactive ketones (excluding diaryl/α,β-unsaturated/α-hetero) is 1. The van der Waals surface area contributed by atoms with Crippen LogP contribution in [0.4, 0.5) is 29.7 Å². The van der Waals surface area contributed by atoms with E-state index in [4.69, 9.17) is 79.1 Å². The molecule has 0 aliphatic heterocycles. The fourth-order valence-corrected chi connectivity index (χ4v) is 6.81. The number of anilines is 2. The second-order valence-electron chi connectivity index (χ2n) is 13.8. The van der Waals surface area contributed by atoms with E-state index in [1.165, 1.54) is 65.8 Å². The molecule has 0 unspecified atom stereocenters. The van der Waals surface area contributed by atoms with Gasteiger partial charge in [-0.3, -0.25) is 9.59 Å². The van der Waals surface area contributed by atoms with Gasteiger partial charge in [0.05, 0.1) is 26.0 Å². The fraction of sp³-hybridized carbons (Fsp3) is 0.371. The summed E-state index contributed by atoms with van der Waals surface area (Å²) in [6, 6.07) is 7.59. The molecule has 3 aromatic rings. The van der Waals surface area contributed by atoms with Gasteiger partial charge in [-0.05, 0) is 95.5 Å². The number of rotatable bonds is 7. The first-order chi connectivity index (χ1) is 23.3. The SMILES string of the molecule is Cc1cc(NC(=O)[C@H]2[C@H](c3cc(Cl)c(Cl)c(Cl)c3)C2(Cl)Cl)cc(C(=O)Cc2ccc(F)c(N(C(=O)OC(C)(C)C)C(=O)OC(C)(C)C)c2F)c1Cl. The first-order valence-corrected chi connectivity index (χ1v) is 17.5. The summed E-state index contributed by atoms with van der Waals surface area (Å²) in [5, 5.41) is 3.13. The minimum Gasteiger partial charge on any atom is -0.443 e. The zero-order valence-corrected chi connectivity index (χ0v) is 32.8. The summed E-state index contributed by atoms with van der Waals surface area (Å²) in [5.41, 5.74) is -2.88.